The molecule has 0 saturated carbocycles. The lowest BCUT2D eigenvalue weighted by atomic mass is 10.2. The summed E-state index contributed by atoms with van der Waals surface area (Å²) in [6.45, 7) is 5.79. The van der Waals surface area contributed by atoms with Crippen molar-refractivity contribution in [3.05, 3.63) is 24.4 Å². The van der Waals surface area contributed by atoms with Crippen LogP contribution in [-0.4, -0.2) is 10.2 Å². The molecule has 0 fully saturated rings. The number of nitrogens with one attached hydrogen (secondary N) is 1. The number of aromatic amines is 1. The molecular weight excluding hydrogens is 100 g/mol. The Morgan fingerprint density at radius 3 is 2.88 bits per heavy atom. The van der Waals surface area contributed by atoms with Gasteiger partial charge in [-0.3, -0.25) is 5.10 Å². The van der Waals surface area contributed by atoms with E-state index in [0.29, 0.717) is 0 Å². The van der Waals surface area contributed by atoms with Gasteiger partial charge < -0.3 is 0 Å². The van der Waals surface area contributed by atoms with Crippen LogP contribution in [0.2, 0.25) is 0 Å². The van der Waals surface area contributed by atoms with Gasteiger partial charge in [-0.1, -0.05) is 6.92 Å². The number of aryl methyl sites for hydroxylation is 1. The second-order valence-electron chi connectivity index (χ2n) is 1.71. The zero-order valence-electron chi connectivity index (χ0n) is 4.94. The van der Waals surface area contributed by atoms with E-state index >= 15 is 0 Å². The Bertz CT molecular complexity index is 167. The molecule has 1 radical (unpaired) electrons. The van der Waals surface area contributed by atoms with Crippen LogP contribution in [0, 0.1) is 6.92 Å². The van der Waals surface area contributed by atoms with Crippen LogP contribution in [0.25, 0.3) is 0 Å². The lowest BCUT2D eigenvalue weighted by Crippen LogP contribution is -1.78. The molecule has 0 unspecified atom stereocenters. The zero-order valence-corrected chi connectivity index (χ0v) is 4.94. The van der Waals surface area contributed by atoms with Gasteiger partial charge in [0.1, 0.15) is 0 Å². The van der Waals surface area contributed by atoms with Crippen molar-refractivity contribution in [3.63, 3.8) is 0 Å². The minimum absolute atomic E-state index is 0.868. The largest absolute Gasteiger partial charge is 0.285 e. The van der Waals surface area contributed by atoms with Crippen molar-refractivity contribution in [2.24, 2.45) is 0 Å². The van der Waals surface area contributed by atoms with E-state index in [0.717, 1.165) is 12.1 Å². The van der Waals surface area contributed by atoms with E-state index in [-0.39, 0.29) is 0 Å². The van der Waals surface area contributed by atoms with E-state index in [1.54, 1.807) is 0 Å². The molecular formula is C6H9N2. The first-order valence-corrected chi connectivity index (χ1v) is 2.69. The van der Waals surface area contributed by atoms with E-state index in [2.05, 4.69) is 24.0 Å². The van der Waals surface area contributed by atoms with E-state index in [1.807, 2.05) is 6.20 Å². The fourth-order valence-electron chi connectivity index (χ4n) is 0.649. The molecule has 43 valence electrons. The van der Waals surface area contributed by atoms with Crippen LogP contribution in [0.1, 0.15) is 18.2 Å². The standard InChI is InChI=1S/C6H9N2/c1-3-6-4-7-8-5(6)2/h4H,2-3H2,1H3,(H,7,8). The Morgan fingerprint density at radius 2 is 2.62 bits per heavy atom. The predicted octanol–water partition coefficient (Wildman–Crippen LogP) is 1.15. The maximum absolute atomic E-state index is 3.85. The summed E-state index contributed by atoms with van der Waals surface area (Å²) in [7, 11) is 0. The number of H-pyrrole nitrogens is 1. The molecule has 0 aliphatic carbocycles. The summed E-state index contributed by atoms with van der Waals surface area (Å²) in [4.78, 5) is 0. The first-order chi connectivity index (χ1) is 3.84. The molecule has 2 nitrogen and oxygen atoms in total. The van der Waals surface area contributed by atoms with Crippen LogP contribution >= 0.6 is 0 Å². The number of rotatable bonds is 1. The van der Waals surface area contributed by atoms with Crippen LogP contribution in [0.5, 0.6) is 0 Å². The summed E-state index contributed by atoms with van der Waals surface area (Å²) in [5, 5.41) is 6.59. The zero-order chi connectivity index (χ0) is 5.98. The first kappa shape index (κ1) is 5.35. The molecule has 1 aromatic heterocycles. The molecule has 0 bridgehead atoms. The van der Waals surface area contributed by atoms with Gasteiger partial charge in [-0.2, -0.15) is 5.10 Å². The number of hydrogen-bond donors (Lipinski definition) is 1. The van der Waals surface area contributed by atoms with Gasteiger partial charge in [0.05, 0.1) is 5.69 Å². The van der Waals surface area contributed by atoms with Gasteiger partial charge in [-0.05, 0) is 18.9 Å². The summed E-state index contributed by atoms with van der Waals surface area (Å²) in [6, 6.07) is 0. The van der Waals surface area contributed by atoms with Crippen LogP contribution < -0.4 is 0 Å². The van der Waals surface area contributed by atoms with Crippen molar-refractivity contribution in [2.45, 2.75) is 13.3 Å². The molecule has 8 heavy (non-hydrogen) atoms. The van der Waals surface area contributed by atoms with Crippen molar-refractivity contribution < 1.29 is 0 Å². The molecule has 1 heterocycles. The Labute approximate surface area is 48.9 Å². The van der Waals surface area contributed by atoms with Gasteiger partial charge in [0.25, 0.3) is 0 Å². The predicted molar refractivity (Wildman–Crippen MR) is 32.4 cm³/mol. The molecule has 0 atom stereocenters. The fraction of sp³-hybridized carbons (Fsp3) is 0.333. The molecule has 1 aromatic rings. The highest BCUT2D eigenvalue weighted by Crippen LogP contribution is 2.00. The van der Waals surface area contributed by atoms with Gasteiger partial charge in [0.2, 0.25) is 0 Å². The third-order valence-corrected chi connectivity index (χ3v) is 1.19. The Morgan fingerprint density at radius 1 is 1.88 bits per heavy atom. The van der Waals surface area contributed by atoms with Crippen molar-refractivity contribution >= 4 is 0 Å². The van der Waals surface area contributed by atoms with Gasteiger partial charge >= 0.3 is 0 Å². The third kappa shape index (κ3) is 0.735. The number of aromatic nitrogens is 2. The highest BCUT2D eigenvalue weighted by molar-refractivity contribution is 5.17. The molecule has 0 aliphatic rings. The van der Waals surface area contributed by atoms with Gasteiger partial charge in [0, 0.05) is 6.20 Å². The summed E-state index contributed by atoms with van der Waals surface area (Å²) in [5.41, 5.74) is 2.07. The Hall–Kier alpha value is -0.790. The Balaban J connectivity index is 2.92. The van der Waals surface area contributed by atoms with E-state index in [4.69, 9.17) is 0 Å². The quantitative estimate of drug-likeness (QED) is 0.575. The van der Waals surface area contributed by atoms with Gasteiger partial charge in [-0.25, -0.2) is 0 Å². The normalized spacial score (nSPS) is 9.75. The molecule has 0 aromatic carbocycles. The summed E-state index contributed by atoms with van der Waals surface area (Å²) < 4.78 is 0. The topological polar surface area (TPSA) is 28.7 Å². The van der Waals surface area contributed by atoms with Crippen LogP contribution in [0.3, 0.4) is 0 Å². The van der Waals surface area contributed by atoms with Crippen molar-refractivity contribution in [3.8, 4) is 0 Å². The lowest BCUT2D eigenvalue weighted by Gasteiger charge is -1.85. The second-order valence-corrected chi connectivity index (χ2v) is 1.71. The van der Waals surface area contributed by atoms with Gasteiger partial charge in [0.15, 0.2) is 0 Å². The highest BCUT2D eigenvalue weighted by atomic mass is 15.1. The summed E-state index contributed by atoms with van der Waals surface area (Å²) in [5.74, 6) is 0. The smallest absolute Gasteiger partial charge is 0.0657 e. The van der Waals surface area contributed by atoms with Crippen molar-refractivity contribution in [2.75, 3.05) is 0 Å². The maximum atomic E-state index is 3.85. The van der Waals surface area contributed by atoms with E-state index in [9.17, 15) is 0 Å². The number of hydrogen-bond acceptors (Lipinski definition) is 1. The SMILES string of the molecule is [CH2]c1n[nH]cc1CC. The van der Waals surface area contributed by atoms with Crippen LogP contribution in [0.15, 0.2) is 6.20 Å². The van der Waals surface area contributed by atoms with Crippen molar-refractivity contribution in [1.82, 2.24) is 10.2 Å². The van der Waals surface area contributed by atoms with Crippen molar-refractivity contribution in [1.29, 1.82) is 0 Å². The van der Waals surface area contributed by atoms with Gasteiger partial charge in [-0.15, -0.1) is 0 Å². The first-order valence-electron chi connectivity index (χ1n) is 2.69. The Kier molecular flexibility index (Phi) is 1.33. The molecule has 2 heteroatoms. The minimum Gasteiger partial charge on any atom is -0.285 e. The molecule has 0 aliphatic heterocycles. The molecule has 0 spiro atoms. The fourth-order valence-corrected chi connectivity index (χ4v) is 0.649. The maximum Gasteiger partial charge on any atom is 0.0657 e. The lowest BCUT2D eigenvalue weighted by molar-refractivity contribution is 1.07. The molecule has 0 saturated heterocycles. The highest BCUT2D eigenvalue weighted by Gasteiger charge is 1.93. The molecule has 0 amide bonds. The molecule has 1 N–H and O–H groups in total. The molecule has 1 rings (SSSR count). The average molecular weight is 109 g/mol. The minimum atomic E-state index is 0.868. The number of nitrogens with zero attached hydrogens (tertiary/aromatic N) is 1. The summed E-state index contributed by atoms with van der Waals surface area (Å²) in [6.07, 6.45) is 2.89. The summed E-state index contributed by atoms with van der Waals surface area (Å²) >= 11 is 0. The van der Waals surface area contributed by atoms with Crippen LogP contribution in [-0.2, 0) is 6.42 Å². The average Bonchev–Trinajstić information content (AvgIpc) is 2.14. The van der Waals surface area contributed by atoms with E-state index < -0.39 is 0 Å². The second kappa shape index (κ2) is 1.99. The van der Waals surface area contributed by atoms with E-state index in [1.165, 1.54) is 5.56 Å². The van der Waals surface area contributed by atoms with Crippen LogP contribution in [0.4, 0.5) is 0 Å². The monoisotopic (exact) mass is 109 g/mol. The third-order valence-electron chi connectivity index (χ3n) is 1.19.